The summed E-state index contributed by atoms with van der Waals surface area (Å²) in [6, 6.07) is 13.6. The SMILES string of the molecule is O=C(CCc1c[nH]c2ccccc12)Nc1nc2ccc(Cl)cc2s1. The zero-order valence-electron chi connectivity index (χ0n) is 12.7. The maximum absolute atomic E-state index is 12.2. The van der Waals surface area contributed by atoms with E-state index >= 15 is 0 Å². The molecule has 0 bridgehead atoms. The number of para-hydroxylation sites is 1. The second-order valence-electron chi connectivity index (χ2n) is 5.54. The Morgan fingerprint density at radius 3 is 3.04 bits per heavy atom. The Morgan fingerprint density at radius 2 is 2.12 bits per heavy atom. The Morgan fingerprint density at radius 1 is 1.25 bits per heavy atom. The molecule has 0 aliphatic carbocycles. The lowest BCUT2D eigenvalue weighted by Crippen LogP contribution is -2.11. The maximum Gasteiger partial charge on any atom is 0.226 e. The van der Waals surface area contributed by atoms with Gasteiger partial charge in [-0.25, -0.2) is 4.98 Å². The van der Waals surface area contributed by atoms with Crippen LogP contribution >= 0.6 is 22.9 Å². The minimum absolute atomic E-state index is 0.0366. The molecule has 0 atom stereocenters. The van der Waals surface area contributed by atoms with E-state index in [-0.39, 0.29) is 5.91 Å². The van der Waals surface area contributed by atoms with Gasteiger partial charge in [0.2, 0.25) is 5.91 Å². The zero-order chi connectivity index (χ0) is 16.5. The third-order valence-electron chi connectivity index (χ3n) is 3.89. The van der Waals surface area contributed by atoms with Crippen molar-refractivity contribution in [3.05, 3.63) is 59.2 Å². The lowest BCUT2D eigenvalue weighted by Gasteiger charge is -2.01. The second-order valence-corrected chi connectivity index (χ2v) is 7.01. The topological polar surface area (TPSA) is 57.8 Å². The molecule has 0 fully saturated rings. The van der Waals surface area contributed by atoms with Crippen LogP contribution in [0.15, 0.2) is 48.7 Å². The van der Waals surface area contributed by atoms with Gasteiger partial charge in [0.25, 0.3) is 0 Å². The molecule has 0 saturated carbocycles. The number of H-pyrrole nitrogens is 1. The van der Waals surface area contributed by atoms with Crippen LogP contribution in [-0.2, 0) is 11.2 Å². The number of rotatable bonds is 4. The molecule has 4 nitrogen and oxygen atoms in total. The predicted molar refractivity (Wildman–Crippen MR) is 99.9 cm³/mol. The Hall–Kier alpha value is -2.37. The van der Waals surface area contributed by atoms with E-state index in [4.69, 9.17) is 11.6 Å². The van der Waals surface area contributed by atoms with Gasteiger partial charge in [-0.15, -0.1) is 0 Å². The third-order valence-corrected chi connectivity index (χ3v) is 5.06. The van der Waals surface area contributed by atoms with Crippen molar-refractivity contribution >= 4 is 55.1 Å². The van der Waals surface area contributed by atoms with Crippen LogP contribution in [0.25, 0.3) is 21.1 Å². The number of carbonyl (C=O) groups is 1. The average Bonchev–Trinajstić information content (AvgIpc) is 3.16. The number of aryl methyl sites for hydroxylation is 1. The van der Waals surface area contributed by atoms with E-state index in [9.17, 15) is 4.79 Å². The third kappa shape index (κ3) is 3.00. The first-order valence-electron chi connectivity index (χ1n) is 7.60. The van der Waals surface area contributed by atoms with Crippen LogP contribution in [0.2, 0.25) is 5.02 Å². The van der Waals surface area contributed by atoms with Crippen LogP contribution < -0.4 is 5.32 Å². The molecule has 120 valence electrons. The van der Waals surface area contributed by atoms with Crippen molar-refractivity contribution in [1.29, 1.82) is 0 Å². The number of hydrogen-bond acceptors (Lipinski definition) is 3. The Balaban J connectivity index is 1.44. The number of thiazole rings is 1. The molecule has 0 saturated heterocycles. The normalized spacial score (nSPS) is 11.2. The maximum atomic E-state index is 12.2. The van der Waals surface area contributed by atoms with Crippen molar-refractivity contribution < 1.29 is 4.79 Å². The van der Waals surface area contributed by atoms with Gasteiger partial charge in [0.15, 0.2) is 5.13 Å². The fourth-order valence-corrected chi connectivity index (χ4v) is 3.88. The Labute approximate surface area is 147 Å². The number of aromatic nitrogens is 2. The Kier molecular flexibility index (Phi) is 3.96. The van der Waals surface area contributed by atoms with Gasteiger partial charge in [0.05, 0.1) is 10.2 Å². The number of amides is 1. The van der Waals surface area contributed by atoms with Gasteiger partial charge >= 0.3 is 0 Å². The number of anilines is 1. The van der Waals surface area contributed by atoms with Crippen LogP contribution in [0.4, 0.5) is 5.13 Å². The molecule has 2 N–H and O–H groups in total. The summed E-state index contributed by atoms with van der Waals surface area (Å²) in [6.07, 6.45) is 3.07. The van der Waals surface area contributed by atoms with Gasteiger partial charge < -0.3 is 10.3 Å². The second kappa shape index (κ2) is 6.26. The van der Waals surface area contributed by atoms with Crippen LogP contribution in [0.5, 0.6) is 0 Å². The number of hydrogen-bond donors (Lipinski definition) is 2. The van der Waals surface area contributed by atoms with Crippen LogP contribution in [-0.4, -0.2) is 15.9 Å². The fraction of sp³-hybridized carbons (Fsp3) is 0.111. The summed E-state index contributed by atoms with van der Waals surface area (Å²) in [6.45, 7) is 0. The molecule has 24 heavy (non-hydrogen) atoms. The number of nitrogens with zero attached hydrogens (tertiary/aromatic N) is 1. The molecule has 2 heterocycles. The van der Waals surface area contributed by atoms with Crippen molar-refractivity contribution in [2.24, 2.45) is 0 Å². The van der Waals surface area contributed by atoms with E-state index in [1.165, 1.54) is 16.7 Å². The van der Waals surface area contributed by atoms with Gasteiger partial charge in [0, 0.05) is 28.5 Å². The monoisotopic (exact) mass is 355 g/mol. The summed E-state index contributed by atoms with van der Waals surface area (Å²) < 4.78 is 0.967. The molecule has 6 heteroatoms. The fourth-order valence-electron chi connectivity index (χ4n) is 2.72. The summed E-state index contributed by atoms with van der Waals surface area (Å²) >= 11 is 7.41. The quantitative estimate of drug-likeness (QED) is 0.541. The summed E-state index contributed by atoms with van der Waals surface area (Å²) in [4.78, 5) is 19.8. The average molecular weight is 356 g/mol. The lowest BCUT2D eigenvalue weighted by atomic mass is 10.1. The molecular weight excluding hydrogens is 342 g/mol. The van der Waals surface area contributed by atoms with E-state index in [1.54, 1.807) is 6.07 Å². The molecule has 4 rings (SSSR count). The molecule has 0 radical (unpaired) electrons. The highest BCUT2D eigenvalue weighted by Crippen LogP contribution is 2.28. The van der Waals surface area contributed by atoms with Crippen molar-refractivity contribution in [2.75, 3.05) is 5.32 Å². The molecule has 4 aromatic rings. The van der Waals surface area contributed by atoms with E-state index < -0.39 is 0 Å². The molecule has 0 aliphatic heterocycles. The van der Waals surface area contributed by atoms with Crippen molar-refractivity contribution in [1.82, 2.24) is 9.97 Å². The first-order chi connectivity index (χ1) is 11.7. The first kappa shape index (κ1) is 15.2. The van der Waals surface area contributed by atoms with Crippen LogP contribution in [0.3, 0.4) is 0 Å². The minimum Gasteiger partial charge on any atom is -0.361 e. The largest absolute Gasteiger partial charge is 0.361 e. The number of fused-ring (bicyclic) bond motifs is 2. The van der Waals surface area contributed by atoms with Crippen LogP contribution in [0, 0.1) is 0 Å². The highest BCUT2D eigenvalue weighted by atomic mass is 35.5. The summed E-state index contributed by atoms with van der Waals surface area (Å²) in [7, 11) is 0. The van der Waals surface area contributed by atoms with E-state index in [1.807, 2.05) is 36.5 Å². The first-order valence-corrected chi connectivity index (χ1v) is 8.79. The number of nitrogens with one attached hydrogen (secondary N) is 2. The molecule has 0 spiro atoms. The molecule has 0 unspecified atom stereocenters. The Bertz CT molecular complexity index is 1040. The number of halogens is 1. The summed E-state index contributed by atoms with van der Waals surface area (Å²) in [5, 5.41) is 5.32. The highest BCUT2D eigenvalue weighted by Gasteiger charge is 2.10. The van der Waals surface area contributed by atoms with Crippen LogP contribution in [0.1, 0.15) is 12.0 Å². The smallest absolute Gasteiger partial charge is 0.226 e. The minimum atomic E-state index is -0.0366. The zero-order valence-corrected chi connectivity index (χ0v) is 14.2. The van der Waals surface area contributed by atoms with E-state index in [2.05, 4.69) is 21.4 Å². The van der Waals surface area contributed by atoms with Gasteiger partial charge in [0.1, 0.15) is 0 Å². The van der Waals surface area contributed by atoms with Crippen molar-refractivity contribution in [3.8, 4) is 0 Å². The lowest BCUT2D eigenvalue weighted by molar-refractivity contribution is -0.116. The highest BCUT2D eigenvalue weighted by molar-refractivity contribution is 7.22. The van der Waals surface area contributed by atoms with E-state index in [0.717, 1.165) is 21.3 Å². The van der Waals surface area contributed by atoms with Gasteiger partial charge in [-0.05, 0) is 36.2 Å². The predicted octanol–water partition coefficient (Wildman–Crippen LogP) is 5.00. The number of aromatic amines is 1. The van der Waals surface area contributed by atoms with Gasteiger partial charge in [-0.1, -0.05) is 41.1 Å². The van der Waals surface area contributed by atoms with Crippen molar-refractivity contribution in [2.45, 2.75) is 12.8 Å². The number of carbonyl (C=O) groups excluding carboxylic acids is 1. The number of benzene rings is 2. The molecular formula is C18H14ClN3OS. The van der Waals surface area contributed by atoms with Crippen molar-refractivity contribution in [3.63, 3.8) is 0 Å². The van der Waals surface area contributed by atoms with E-state index in [0.29, 0.717) is 23.0 Å². The molecule has 0 aliphatic rings. The van der Waals surface area contributed by atoms with Gasteiger partial charge in [-0.3, -0.25) is 4.79 Å². The molecule has 1 amide bonds. The molecule has 2 aromatic carbocycles. The van der Waals surface area contributed by atoms with Gasteiger partial charge in [-0.2, -0.15) is 0 Å². The molecule has 2 aromatic heterocycles. The summed E-state index contributed by atoms with van der Waals surface area (Å²) in [5.41, 5.74) is 3.09. The summed E-state index contributed by atoms with van der Waals surface area (Å²) in [5.74, 6) is -0.0366. The standard InChI is InChI=1S/C18H14ClN3OS/c19-12-6-7-15-16(9-12)24-18(21-15)22-17(23)8-5-11-10-20-14-4-2-1-3-13(11)14/h1-4,6-7,9-10,20H,5,8H2,(H,21,22,23).